The smallest absolute Gasteiger partial charge is 0.219 e. The molecule has 0 rings (SSSR count). The van der Waals surface area contributed by atoms with E-state index >= 15 is 0 Å². The van der Waals surface area contributed by atoms with Crippen LogP contribution in [0.4, 0.5) is 0 Å². The lowest BCUT2D eigenvalue weighted by Crippen LogP contribution is -2.51. The van der Waals surface area contributed by atoms with E-state index in [0.717, 1.165) is 12.7 Å². The lowest BCUT2D eigenvalue weighted by Gasteiger charge is -2.21. The summed E-state index contributed by atoms with van der Waals surface area (Å²) in [4.78, 5) is 31.9. The van der Waals surface area contributed by atoms with Gasteiger partial charge in [0.25, 0.3) is 0 Å². The van der Waals surface area contributed by atoms with Gasteiger partial charge >= 0.3 is 0 Å². The summed E-state index contributed by atoms with van der Waals surface area (Å²) in [6.45, 7) is 3.88. The summed E-state index contributed by atoms with van der Waals surface area (Å²) in [5.41, 5.74) is 10.3. The Labute approximate surface area is 94.9 Å². The summed E-state index contributed by atoms with van der Waals surface area (Å²) >= 11 is 0. The maximum Gasteiger partial charge on any atom is 0.219 e. The number of hydrogen-bond acceptors (Lipinski definition) is 5. The molecular weight excluding hydrogens is 210 g/mol. The number of aldehydes is 2. The van der Waals surface area contributed by atoms with Gasteiger partial charge in [0.15, 0.2) is 0 Å². The number of amides is 1. The first kappa shape index (κ1) is 14.7. The van der Waals surface area contributed by atoms with Crippen molar-refractivity contribution in [3.8, 4) is 0 Å². The number of primary amides is 1. The van der Waals surface area contributed by atoms with Gasteiger partial charge in [0.05, 0.1) is 12.1 Å². The molecule has 16 heavy (non-hydrogen) atoms. The van der Waals surface area contributed by atoms with Crippen molar-refractivity contribution >= 4 is 18.5 Å². The van der Waals surface area contributed by atoms with Crippen molar-refractivity contribution in [1.29, 1.82) is 0 Å². The number of carbonyl (C=O) groups excluding carboxylic acids is 3. The van der Waals surface area contributed by atoms with E-state index in [9.17, 15) is 14.4 Å². The molecule has 1 amide bonds. The first-order chi connectivity index (χ1) is 7.54. The van der Waals surface area contributed by atoms with Crippen LogP contribution in [0.1, 0.15) is 26.7 Å². The third-order valence-electron chi connectivity index (χ3n) is 2.42. The Morgan fingerprint density at radius 3 is 2.31 bits per heavy atom. The molecule has 0 spiro atoms. The number of nitrogens with one attached hydrogen (secondary N) is 2. The van der Waals surface area contributed by atoms with Crippen LogP contribution in [0.25, 0.3) is 0 Å². The highest BCUT2D eigenvalue weighted by Crippen LogP contribution is 2.04. The Morgan fingerprint density at radius 2 is 1.94 bits per heavy atom. The van der Waals surface area contributed by atoms with Gasteiger partial charge in [0.2, 0.25) is 5.91 Å². The van der Waals surface area contributed by atoms with E-state index < -0.39 is 11.9 Å². The van der Waals surface area contributed by atoms with E-state index in [-0.39, 0.29) is 18.4 Å². The van der Waals surface area contributed by atoms with E-state index in [2.05, 4.69) is 10.9 Å². The molecule has 0 aromatic carbocycles. The molecule has 0 aromatic heterocycles. The number of carbonyl (C=O) groups is 3. The van der Waals surface area contributed by atoms with Crippen molar-refractivity contribution < 1.29 is 14.4 Å². The Balaban J connectivity index is 4.11. The monoisotopic (exact) mass is 229 g/mol. The molecule has 3 atom stereocenters. The highest BCUT2D eigenvalue weighted by atomic mass is 16.1. The van der Waals surface area contributed by atoms with Gasteiger partial charge in [-0.3, -0.25) is 4.79 Å². The summed E-state index contributed by atoms with van der Waals surface area (Å²) in [7, 11) is 0. The Kier molecular flexibility index (Phi) is 7.32. The van der Waals surface area contributed by atoms with Crippen molar-refractivity contribution in [2.24, 2.45) is 11.7 Å². The largest absolute Gasteiger partial charge is 0.370 e. The van der Waals surface area contributed by atoms with E-state index in [0.29, 0.717) is 6.29 Å². The standard InChI is InChI=1S/C10H19N3O3/c1-3-7(2)9(6-15)13-12-8(5-14)4-10(11)16/h5-9,12-13H,3-4H2,1-2H3,(H2,11,16)/t7-,8-,9+/m0/s1. The predicted octanol–water partition coefficient (Wildman–Crippen LogP) is -0.863. The third-order valence-corrected chi connectivity index (χ3v) is 2.42. The molecule has 0 saturated heterocycles. The number of hydrogen-bond donors (Lipinski definition) is 3. The van der Waals surface area contributed by atoms with Gasteiger partial charge in [-0.2, -0.15) is 0 Å². The predicted molar refractivity (Wildman–Crippen MR) is 59.2 cm³/mol. The fourth-order valence-corrected chi connectivity index (χ4v) is 1.12. The van der Waals surface area contributed by atoms with Crippen LogP contribution in [0.2, 0.25) is 0 Å². The summed E-state index contributed by atoms with van der Waals surface area (Å²) < 4.78 is 0. The van der Waals surface area contributed by atoms with Gasteiger partial charge in [-0.25, -0.2) is 10.9 Å². The van der Waals surface area contributed by atoms with Crippen LogP contribution in [-0.4, -0.2) is 30.6 Å². The van der Waals surface area contributed by atoms with E-state index in [1.165, 1.54) is 0 Å². The fraction of sp³-hybridized carbons (Fsp3) is 0.700. The summed E-state index contributed by atoms with van der Waals surface area (Å²) in [6.07, 6.45) is 2.09. The molecule has 0 radical (unpaired) electrons. The number of nitrogens with two attached hydrogens (primary N) is 1. The van der Waals surface area contributed by atoms with Crippen LogP contribution >= 0.6 is 0 Å². The number of hydrazine groups is 1. The van der Waals surface area contributed by atoms with Gasteiger partial charge in [-0.05, 0) is 5.92 Å². The molecule has 0 aliphatic rings. The molecule has 92 valence electrons. The molecule has 6 heteroatoms. The zero-order valence-electron chi connectivity index (χ0n) is 9.60. The van der Waals surface area contributed by atoms with E-state index in [1.54, 1.807) is 0 Å². The second-order valence-corrected chi connectivity index (χ2v) is 3.75. The minimum Gasteiger partial charge on any atom is -0.370 e. The molecule has 0 heterocycles. The van der Waals surface area contributed by atoms with E-state index in [4.69, 9.17) is 5.73 Å². The van der Waals surface area contributed by atoms with E-state index in [1.807, 2.05) is 13.8 Å². The first-order valence-electron chi connectivity index (χ1n) is 5.25. The second-order valence-electron chi connectivity index (χ2n) is 3.75. The van der Waals surface area contributed by atoms with Crippen LogP contribution in [-0.2, 0) is 14.4 Å². The Hall–Kier alpha value is -1.27. The molecule has 0 aliphatic carbocycles. The quantitative estimate of drug-likeness (QED) is 0.352. The van der Waals surface area contributed by atoms with Crippen molar-refractivity contribution in [2.45, 2.75) is 38.8 Å². The molecular formula is C10H19N3O3. The third kappa shape index (κ3) is 5.57. The Bertz CT molecular complexity index is 245. The zero-order chi connectivity index (χ0) is 12.6. The highest BCUT2D eigenvalue weighted by molar-refractivity contribution is 5.78. The second kappa shape index (κ2) is 7.95. The van der Waals surface area contributed by atoms with Gasteiger partial charge in [-0.1, -0.05) is 20.3 Å². The average molecular weight is 229 g/mol. The van der Waals surface area contributed by atoms with Crippen molar-refractivity contribution in [3.05, 3.63) is 0 Å². The fourth-order valence-electron chi connectivity index (χ4n) is 1.12. The van der Waals surface area contributed by atoms with Gasteiger partial charge in [-0.15, -0.1) is 0 Å². The average Bonchev–Trinajstić information content (AvgIpc) is 2.27. The zero-order valence-corrected chi connectivity index (χ0v) is 9.60. The molecule has 0 bridgehead atoms. The van der Waals surface area contributed by atoms with Crippen LogP contribution in [0.5, 0.6) is 0 Å². The molecule has 0 aromatic rings. The molecule has 6 nitrogen and oxygen atoms in total. The van der Waals surface area contributed by atoms with Gasteiger partial charge in [0.1, 0.15) is 12.6 Å². The molecule has 4 N–H and O–H groups in total. The summed E-state index contributed by atoms with van der Waals surface area (Å²) in [6, 6.07) is -1.09. The number of rotatable bonds is 9. The van der Waals surface area contributed by atoms with Crippen molar-refractivity contribution in [2.75, 3.05) is 0 Å². The highest BCUT2D eigenvalue weighted by Gasteiger charge is 2.16. The SMILES string of the molecule is CC[C@H](C)[C@@H](C=O)NN[C@H](C=O)CC(N)=O. The minimum absolute atomic E-state index is 0.0947. The molecule has 0 aliphatic heterocycles. The lowest BCUT2D eigenvalue weighted by molar-refractivity contribution is -0.121. The van der Waals surface area contributed by atoms with Crippen LogP contribution in [0.15, 0.2) is 0 Å². The topological polar surface area (TPSA) is 101 Å². The van der Waals surface area contributed by atoms with Crippen molar-refractivity contribution in [1.82, 2.24) is 10.9 Å². The van der Waals surface area contributed by atoms with Crippen LogP contribution < -0.4 is 16.6 Å². The molecule has 0 fully saturated rings. The first-order valence-corrected chi connectivity index (χ1v) is 5.25. The summed E-state index contributed by atoms with van der Waals surface area (Å²) in [5, 5.41) is 0. The maximum absolute atomic E-state index is 10.7. The van der Waals surface area contributed by atoms with Crippen LogP contribution in [0.3, 0.4) is 0 Å². The lowest BCUT2D eigenvalue weighted by atomic mass is 10.0. The maximum atomic E-state index is 10.7. The van der Waals surface area contributed by atoms with Crippen molar-refractivity contribution in [3.63, 3.8) is 0 Å². The van der Waals surface area contributed by atoms with Gasteiger partial charge < -0.3 is 15.3 Å². The Morgan fingerprint density at radius 1 is 1.31 bits per heavy atom. The molecule has 0 saturated carbocycles. The van der Waals surface area contributed by atoms with Gasteiger partial charge in [0, 0.05) is 6.42 Å². The normalized spacial score (nSPS) is 16.1. The minimum atomic E-state index is -0.705. The summed E-state index contributed by atoms with van der Waals surface area (Å²) in [5.74, 6) is -0.427. The molecule has 0 unspecified atom stereocenters. The van der Waals surface area contributed by atoms with Crippen LogP contribution in [0, 0.1) is 5.92 Å².